The number of rotatable bonds is 3. The topological polar surface area (TPSA) is 45.8 Å². The summed E-state index contributed by atoms with van der Waals surface area (Å²) >= 11 is 0. The number of carbonyl (C=O) groups excluding carboxylic acids is 1. The quantitative estimate of drug-likeness (QED) is 0.792. The largest absolute Gasteiger partial charge is 0.298 e. The molecule has 0 aromatic carbocycles. The predicted octanol–water partition coefficient (Wildman–Crippen LogP) is 3.15. The van der Waals surface area contributed by atoms with Crippen molar-refractivity contribution < 1.29 is 4.79 Å². The van der Waals surface area contributed by atoms with Gasteiger partial charge in [-0.25, -0.2) is 0 Å². The molecule has 0 amide bonds. The van der Waals surface area contributed by atoms with Crippen LogP contribution in [0.1, 0.15) is 78.5 Å². The van der Waals surface area contributed by atoms with Gasteiger partial charge in [-0.05, 0) is 25.7 Å². The number of hydrogen-bond donors (Lipinski definition) is 1. The standard InChI is InChI=1S/C13H18N2O/c16-8-11-12(9-4-1-2-5-9)14-15-13(11)10-6-3-7-10/h8-10H,1-7H2,(H,14,15). The molecule has 16 heavy (non-hydrogen) atoms. The van der Waals surface area contributed by atoms with Crippen LogP contribution < -0.4 is 0 Å². The van der Waals surface area contributed by atoms with Crippen LogP contribution in [0, 0.1) is 0 Å². The molecule has 0 aliphatic heterocycles. The molecule has 0 spiro atoms. The van der Waals surface area contributed by atoms with E-state index in [0.29, 0.717) is 11.8 Å². The first kappa shape index (κ1) is 10.1. The van der Waals surface area contributed by atoms with Crippen molar-refractivity contribution in [2.75, 3.05) is 0 Å². The van der Waals surface area contributed by atoms with Crippen molar-refractivity contribution in [1.29, 1.82) is 0 Å². The maximum absolute atomic E-state index is 11.3. The molecule has 0 saturated heterocycles. The molecule has 2 fully saturated rings. The van der Waals surface area contributed by atoms with Crippen molar-refractivity contribution in [2.24, 2.45) is 0 Å². The van der Waals surface area contributed by atoms with Crippen LogP contribution in [0.3, 0.4) is 0 Å². The minimum absolute atomic E-state index is 0.548. The van der Waals surface area contributed by atoms with Crippen molar-refractivity contribution in [3.8, 4) is 0 Å². The fourth-order valence-corrected chi connectivity index (χ4v) is 3.02. The SMILES string of the molecule is O=Cc1c(C2CCC2)n[nH]c1C1CCCC1. The maximum Gasteiger partial charge on any atom is 0.153 e. The van der Waals surface area contributed by atoms with Gasteiger partial charge in [0, 0.05) is 17.5 Å². The minimum atomic E-state index is 0.548. The summed E-state index contributed by atoms with van der Waals surface area (Å²) in [7, 11) is 0. The Morgan fingerprint density at radius 2 is 1.75 bits per heavy atom. The Bertz CT molecular complexity index is 387. The van der Waals surface area contributed by atoms with Crippen molar-refractivity contribution in [3.63, 3.8) is 0 Å². The lowest BCUT2D eigenvalue weighted by atomic mass is 9.81. The zero-order valence-electron chi connectivity index (χ0n) is 9.54. The van der Waals surface area contributed by atoms with Crippen LogP contribution in [0.5, 0.6) is 0 Å². The van der Waals surface area contributed by atoms with Crippen LogP contribution in [0.4, 0.5) is 0 Å². The molecular weight excluding hydrogens is 200 g/mol. The van der Waals surface area contributed by atoms with Crippen LogP contribution in [0.25, 0.3) is 0 Å². The molecule has 3 heteroatoms. The van der Waals surface area contributed by atoms with E-state index in [1.54, 1.807) is 0 Å². The van der Waals surface area contributed by atoms with E-state index < -0.39 is 0 Å². The third-order valence-corrected chi connectivity index (χ3v) is 4.24. The molecule has 0 unspecified atom stereocenters. The molecule has 2 aliphatic carbocycles. The lowest BCUT2D eigenvalue weighted by Gasteiger charge is -2.23. The number of nitrogens with zero attached hydrogens (tertiary/aromatic N) is 1. The van der Waals surface area contributed by atoms with Gasteiger partial charge in [-0.3, -0.25) is 9.89 Å². The summed E-state index contributed by atoms with van der Waals surface area (Å²) in [5, 5.41) is 7.53. The molecule has 1 heterocycles. The van der Waals surface area contributed by atoms with E-state index in [9.17, 15) is 4.79 Å². The average molecular weight is 218 g/mol. The first-order valence-electron chi connectivity index (χ1n) is 6.43. The van der Waals surface area contributed by atoms with Crippen LogP contribution >= 0.6 is 0 Å². The molecule has 2 aliphatic rings. The zero-order valence-corrected chi connectivity index (χ0v) is 9.54. The Kier molecular flexibility index (Phi) is 2.54. The summed E-state index contributed by atoms with van der Waals surface area (Å²) < 4.78 is 0. The summed E-state index contributed by atoms with van der Waals surface area (Å²) in [5.41, 5.74) is 3.05. The Morgan fingerprint density at radius 1 is 1.06 bits per heavy atom. The van der Waals surface area contributed by atoms with Crippen molar-refractivity contribution in [1.82, 2.24) is 10.2 Å². The third kappa shape index (κ3) is 1.49. The highest BCUT2D eigenvalue weighted by atomic mass is 16.1. The van der Waals surface area contributed by atoms with E-state index in [0.717, 1.165) is 23.2 Å². The first-order chi connectivity index (χ1) is 7.90. The first-order valence-corrected chi connectivity index (χ1v) is 6.43. The Labute approximate surface area is 95.6 Å². The molecular formula is C13H18N2O. The molecule has 0 radical (unpaired) electrons. The van der Waals surface area contributed by atoms with E-state index in [-0.39, 0.29) is 0 Å². The smallest absolute Gasteiger partial charge is 0.153 e. The lowest BCUT2D eigenvalue weighted by molar-refractivity contribution is 0.112. The minimum Gasteiger partial charge on any atom is -0.298 e. The molecule has 0 bridgehead atoms. The van der Waals surface area contributed by atoms with Gasteiger partial charge in [0.1, 0.15) is 0 Å². The molecule has 0 atom stereocenters. The second-order valence-corrected chi connectivity index (χ2v) is 5.16. The van der Waals surface area contributed by atoms with Crippen molar-refractivity contribution in [2.45, 2.75) is 56.8 Å². The van der Waals surface area contributed by atoms with Crippen LogP contribution in [-0.2, 0) is 0 Å². The van der Waals surface area contributed by atoms with Gasteiger partial charge in [0.05, 0.1) is 11.3 Å². The van der Waals surface area contributed by atoms with Crippen molar-refractivity contribution >= 4 is 6.29 Å². The summed E-state index contributed by atoms with van der Waals surface area (Å²) in [4.78, 5) is 11.3. The fourth-order valence-electron chi connectivity index (χ4n) is 3.02. The molecule has 1 aromatic rings. The van der Waals surface area contributed by atoms with Crippen molar-refractivity contribution in [3.05, 3.63) is 17.0 Å². The molecule has 86 valence electrons. The van der Waals surface area contributed by atoms with Crippen LogP contribution in [0.2, 0.25) is 0 Å². The fraction of sp³-hybridized carbons (Fsp3) is 0.692. The highest BCUT2D eigenvalue weighted by Gasteiger charge is 2.29. The highest BCUT2D eigenvalue weighted by molar-refractivity contribution is 5.79. The average Bonchev–Trinajstić information content (AvgIpc) is 2.81. The van der Waals surface area contributed by atoms with Gasteiger partial charge >= 0.3 is 0 Å². The molecule has 1 N–H and O–H groups in total. The second kappa shape index (κ2) is 4.04. The summed E-state index contributed by atoms with van der Waals surface area (Å²) in [5.74, 6) is 1.10. The predicted molar refractivity (Wildman–Crippen MR) is 61.8 cm³/mol. The monoisotopic (exact) mass is 218 g/mol. The van der Waals surface area contributed by atoms with Gasteiger partial charge in [0.2, 0.25) is 0 Å². The molecule has 3 rings (SSSR count). The Hall–Kier alpha value is -1.12. The van der Waals surface area contributed by atoms with Gasteiger partial charge in [-0.15, -0.1) is 0 Å². The summed E-state index contributed by atoms with van der Waals surface area (Å²) in [6, 6.07) is 0. The van der Waals surface area contributed by atoms with Crippen LogP contribution in [0.15, 0.2) is 0 Å². The van der Waals surface area contributed by atoms with E-state index in [1.165, 1.54) is 44.9 Å². The maximum atomic E-state index is 11.3. The number of aromatic amines is 1. The van der Waals surface area contributed by atoms with E-state index in [2.05, 4.69) is 10.2 Å². The summed E-state index contributed by atoms with van der Waals surface area (Å²) in [6.45, 7) is 0. The van der Waals surface area contributed by atoms with Gasteiger partial charge in [-0.1, -0.05) is 19.3 Å². The number of hydrogen-bond acceptors (Lipinski definition) is 2. The lowest BCUT2D eigenvalue weighted by Crippen LogP contribution is -2.11. The molecule has 1 aromatic heterocycles. The van der Waals surface area contributed by atoms with E-state index in [1.807, 2.05) is 0 Å². The van der Waals surface area contributed by atoms with Gasteiger partial charge < -0.3 is 0 Å². The normalized spacial score (nSPS) is 22.2. The molecule has 2 saturated carbocycles. The number of carbonyl (C=O) groups is 1. The van der Waals surface area contributed by atoms with E-state index in [4.69, 9.17) is 0 Å². The number of aldehydes is 1. The molecule has 3 nitrogen and oxygen atoms in total. The second-order valence-electron chi connectivity index (χ2n) is 5.16. The van der Waals surface area contributed by atoms with Gasteiger partial charge in [0.25, 0.3) is 0 Å². The number of H-pyrrole nitrogens is 1. The Balaban J connectivity index is 1.92. The highest BCUT2D eigenvalue weighted by Crippen LogP contribution is 2.40. The summed E-state index contributed by atoms with van der Waals surface area (Å²) in [6.07, 6.45) is 9.73. The van der Waals surface area contributed by atoms with Gasteiger partial charge in [-0.2, -0.15) is 5.10 Å². The number of nitrogens with one attached hydrogen (secondary N) is 1. The number of aromatic nitrogens is 2. The van der Waals surface area contributed by atoms with E-state index >= 15 is 0 Å². The third-order valence-electron chi connectivity index (χ3n) is 4.24. The van der Waals surface area contributed by atoms with Crippen LogP contribution in [-0.4, -0.2) is 16.5 Å². The Morgan fingerprint density at radius 3 is 2.31 bits per heavy atom. The van der Waals surface area contributed by atoms with Gasteiger partial charge in [0.15, 0.2) is 6.29 Å². The zero-order chi connectivity index (χ0) is 11.0.